The van der Waals surface area contributed by atoms with Crippen molar-refractivity contribution in [1.29, 1.82) is 0 Å². The number of carbonyl (C=O) groups excluding carboxylic acids is 5. The number of aliphatic hydroxyl groups excluding tert-OH is 3. The highest BCUT2D eigenvalue weighted by Crippen LogP contribution is 2.10. The lowest BCUT2D eigenvalue weighted by atomic mass is 9.99. The van der Waals surface area contributed by atoms with E-state index >= 15 is 0 Å². The van der Waals surface area contributed by atoms with Crippen molar-refractivity contribution < 1.29 is 49.2 Å². The Morgan fingerprint density at radius 2 is 0.929 bits per heavy atom. The average molecular weight is 605 g/mol. The lowest BCUT2D eigenvalue weighted by Gasteiger charge is -2.28. The number of aliphatic hydroxyl groups is 3. The smallest absolute Gasteiger partial charge is 0.328 e. The van der Waals surface area contributed by atoms with Crippen molar-refractivity contribution in [2.45, 2.75) is 90.6 Å². The molecule has 0 heterocycles. The van der Waals surface area contributed by atoms with Gasteiger partial charge in [-0.3, -0.25) is 24.0 Å². The predicted octanol–water partition coefficient (Wildman–Crippen LogP) is -3.45. The van der Waals surface area contributed by atoms with Gasteiger partial charge in [0.25, 0.3) is 0 Å². The molecule has 0 aliphatic heterocycles. The topological polar surface area (TPSA) is 270 Å². The average Bonchev–Trinajstić information content (AvgIpc) is 2.90. The van der Waals surface area contributed by atoms with Crippen LogP contribution in [-0.4, -0.2) is 112 Å². The molecule has 0 fully saturated rings. The molecule has 0 radical (unpaired) electrons. The van der Waals surface area contributed by atoms with Gasteiger partial charge in [0, 0.05) is 0 Å². The summed E-state index contributed by atoms with van der Waals surface area (Å²) in [7, 11) is 0. The Bertz CT molecular complexity index is 929. The fourth-order valence-corrected chi connectivity index (χ4v) is 3.74. The number of nitrogens with one attached hydrogen (secondary N) is 5. The third-order valence-corrected chi connectivity index (χ3v) is 6.07. The highest BCUT2D eigenvalue weighted by molar-refractivity contribution is 5.96. The number of hydrogen-bond donors (Lipinski definition) is 10. The minimum atomic E-state index is -1.60. The highest BCUT2D eigenvalue weighted by Gasteiger charge is 2.33. The first kappa shape index (κ1) is 38.7. The Balaban J connectivity index is 5.75. The molecule has 16 nitrogen and oxygen atoms in total. The van der Waals surface area contributed by atoms with E-state index in [1.54, 1.807) is 41.5 Å². The van der Waals surface area contributed by atoms with Gasteiger partial charge in [-0.1, -0.05) is 41.5 Å². The van der Waals surface area contributed by atoms with Gasteiger partial charge in [-0.2, -0.15) is 0 Å². The van der Waals surface area contributed by atoms with Crippen LogP contribution in [0.1, 0.15) is 54.4 Å². The lowest BCUT2D eigenvalue weighted by molar-refractivity contribution is -0.143. The number of hydrogen-bond acceptors (Lipinski definition) is 10. The van der Waals surface area contributed by atoms with Crippen LogP contribution in [0.2, 0.25) is 0 Å². The van der Waals surface area contributed by atoms with Gasteiger partial charge >= 0.3 is 5.97 Å². The summed E-state index contributed by atoms with van der Waals surface area (Å²) >= 11 is 0. The van der Waals surface area contributed by atoms with Crippen LogP contribution in [0.4, 0.5) is 0 Å². The molecule has 0 aliphatic rings. The largest absolute Gasteiger partial charge is 0.480 e. The Morgan fingerprint density at radius 1 is 0.548 bits per heavy atom. The van der Waals surface area contributed by atoms with Crippen molar-refractivity contribution in [3.63, 3.8) is 0 Å². The number of carboxylic acids is 1. The molecule has 0 bridgehead atoms. The molecule has 0 aromatic rings. The third kappa shape index (κ3) is 13.5. The molecule has 0 saturated carbocycles. The minimum Gasteiger partial charge on any atom is -0.480 e. The molecule has 0 unspecified atom stereocenters. The highest BCUT2D eigenvalue weighted by atomic mass is 16.4. The molecule has 0 aromatic heterocycles. The van der Waals surface area contributed by atoms with Crippen LogP contribution in [-0.2, 0) is 28.8 Å². The first-order chi connectivity index (χ1) is 19.5. The first-order valence-corrected chi connectivity index (χ1v) is 13.8. The van der Waals surface area contributed by atoms with E-state index in [0.29, 0.717) is 0 Å². The molecule has 16 heteroatoms. The number of carbonyl (C=O) groups is 6. The van der Waals surface area contributed by atoms with Crippen LogP contribution in [0.3, 0.4) is 0 Å². The Labute approximate surface area is 245 Å². The lowest BCUT2D eigenvalue weighted by Crippen LogP contribution is -2.61. The zero-order chi connectivity index (χ0) is 32.7. The van der Waals surface area contributed by atoms with E-state index in [1.165, 1.54) is 0 Å². The molecule has 242 valence electrons. The molecular weight excluding hydrogens is 556 g/mol. The van der Waals surface area contributed by atoms with Crippen molar-refractivity contribution in [2.24, 2.45) is 23.5 Å². The number of rotatable bonds is 19. The standard InChI is InChI=1S/C26H48N6O10/c1-12(2)7-16(23(38)31-19(11-35)26(41)42)28-24(39)18(10-34)30-22(37)17(8-13(3)4)29-25(40)20(14(5)6)32-21(36)15(27)9-33/h12-20,33-35H,7-11,27H2,1-6H3,(H,28,39)(H,29,40)(H,30,37)(H,31,38)(H,32,36)(H,41,42)/t15-,16-,17-,18-,19-,20-/m0/s1. The van der Waals surface area contributed by atoms with Crippen LogP contribution in [0.25, 0.3) is 0 Å². The molecule has 0 aliphatic carbocycles. The number of amides is 5. The van der Waals surface area contributed by atoms with E-state index in [-0.39, 0.29) is 24.7 Å². The van der Waals surface area contributed by atoms with Crippen molar-refractivity contribution in [3.05, 3.63) is 0 Å². The molecule has 0 aromatic carbocycles. The minimum absolute atomic E-state index is 0.0791. The second-order valence-electron chi connectivity index (χ2n) is 11.2. The zero-order valence-electron chi connectivity index (χ0n) is 25.0. The van der Waals surface area contributed by atoms with Gasteiger partial charge in [0.15, 0.2) is 0 Å². The van der Waals surface area contributed by atoms with Gasteiger partial charge in [0.05, 0.1) is 19.8 Å². The number of carboxylic acid groups (broad SMARTS) is 1. The second-order valence-corrected chi connectivity index (χ2v) is 11.2. The normalized spacial score (nSPS) is 15.6. The van der Waals surface area contributed by atoms with Gasteiger partial charge < -0.3 is 52.7 Å². The zero-order valence-corrected chi connectivity index (χ0v) is 25.0. The van der Waals surface area contributed by atoms with Crippen LogP contribution >= 0.6 is 0 Å². The van der Waals surface area contributed by atoms with E-state index in [9.17, 15) is 39.0 Å². The van der Waals surface area contributed by atoms with Gasteiger partial charge in [-0.15, -0.1) is 0 Å². The molecule has 0 rings (SSSR count). The summed E-state index contributed by atoms with van der Waals surface area (Å²) in [6, 6.07) is -7.92. The van der Waals surface area contributed by atoms with Crippen LogP contribution in [0.15, 0.2) is 0 Å². The molecule has 6 atom stereocenters. The molecule has 42 heavy (non-hydrogen) atoms. The van der Waals surface area contributed by atoms with Gasteiger partial charge in [0.2, 0.25) is 29.5 Å². The molecule has 11 N–H and O–H groups in total. The third-order valence-electron chi connectivity index (χ3n) is 6.07. The van der Waals surface area contributed by atoms with Gasteiger partial charge in [-0.05, 0) is 30.6 Å². The SMILES string of the molecule is CC(C)C[C@H](NC(=O)[C@H](CO)NC(=O)[C@H](CC(C)C)NC(=O)[C@@H](NC(=O)[C@@H](N)CO)C(C)C)C(=O)N[C@@H](CO)C(=O)O. The van der Waals surface area contributed by atoms with Crippen molar-refractivity contribution in [2.75, 3.05) is 19.8 Å². The van der Waals surface area contributed by atoms with Crippen LogP contribution in [0.5, 0.6) is 0 Å². The number of nitrogens with two attached hydrogens (primary N) is 1. The summed E-state index contributed by atoms with van der Waals surface area (Å²) in [5, 5.41) is 49.2. The first-order valence-electron chi connectivity index (χ1n) is 13.8. The Morgan fingerprint density at radius 3 is 1.29 bits per heavy atom. The summed E-state index contributed by atoms with van der Waals surface area (Å²) in [5.74, 6) is -6.25. The maximum atomic E-state index is 13.2. The fourth-order valence-electron chi connectivity index (χ4n) is 3.74. The van der Waals surface area contributed by atoms with Crippen molar-refractivity contribution in [1.82, 2.24) is 26.6 Å². The number of aliphatic carboxylic acids is 1. The fraction of sp³-hybridized carbons (Fsp3) is 0.769. The summed E-state index contributed by atoms with van der Waals surface area (Å²) < 4.78 is 0. The summed E-state index contributed by atoms with van der Waals surface area (Å²) in [6.07, 6.45) is 0.206. The van der Waals surface area contributed by atoms with E-state index in [2.05, 4.69) is 26.6 Å². The van der Waals surface area contributed by atoms with E-state index in [4.69, 9.17) is 15.9 Å². The second kappa shape index (κ2) is 19.0. The monoisotopic (exact) mass is 604 g/mol. The van der Waals surface area contributed by atoms with E-state index < -0.39 is 97.5 Å². The maximum Gasteiger partial charge on any atom is 0.328 e. The summed E-state index contributed by atoms with van der Waals surface area (Å²) in [5.41, 5.74) is 5.52. The maximum absolute atomic E-state index is 13.2. The predicted molar refractivity (Wildman–Crippen MR) is 150 cm³/mol. The summed E-state index contributed by atoms with van der Waals surface area (Å²) in [4.78, 5) is 75.3. The Kier molecular flexibility index (Phi) is 17.5. The molecular formula is C26H48N6O10. The molecule has 0 saturated heterocycles. The quantitative estimate of drug-likeness (QED) is 0.0692. The van der Waals surface area contributed by atoms with Gasteiger partial charge in [-0.25, -0.2) is 4.79 Å². The van der Waals surface area contributed by atoms with Crippen molar-refractivity contribution >= 4 is 35.5 Å². The van der Waals surface area contributed by atoms with E-state index in [1.807, 2.05) is 0 Å². The Hall–Kier alpha value is -3.34. The van der Waals surface area contributed by atoms with Crippen LogP contribution in [0, 0.1) is 17.8 Å². The molecule has 5 amide bonds. The molecule has 0 spiro atoms. The van der Waals surface area contributed by atoms with Gasteiger partial charge in [0.1, 0.15) is 36.3 Å². The van der Waals surface area contributed by atoms with Crippen LogP contribution < -0.4 is 32.3 Å². The van der Waals surface area contributed by atoms with E-state index in [0.717, 1.165) is 0 Å². The summed E-state index contributed by atoms with van der Waals surface area (Å²) in [6.45, 7) is 8.01. The van der Waals surface area contributed by atoms with Crippen molar-refractivity contribution in [3.8, 4) is 0 Å².